The Labute approximate surface area is 137 Å². The molecule has 0 spiro atoms. The lowest BCUT2D eigenvalue weighted by Gasteiger charge is -2.32. The van der Waals surface area contributed by atoms with Gasteiger partial charge in [0.1, 0.15) is 0 Å². The van der Waals surface area contributed by atoms with E-state index in [1.54, 1.807) is 4.90 Å². The molecule has 1 fully saturated rings. The average Bonchev–Trinajstić information content (AvgIpc) is 2.78. The lowest BCUT2D eigenvalue weighted by molar-refractivity contribution is 0.180. The van der Waals surface area contributed by atoms with Gasteiger partial charge in [0, 0.05) is 31.4 Å². The SMILES string of the molecule is Cc1n[nH]c(C)c1CCNC(=O)N1CCC(NS(C)(=O)=O)CC1. The van der Waals surface area contributed by atoms with Gasteiger partial charge in [0.2, 0.25) is 10.0 Å². The average molecular weight is 343 g/mol. The van der Waals surface area contributed by atoms with E-state index in [9.17, 15) is 13.2 Å². The first-order valence-corrected chi connectivity index (χ1v) is 9.66. The van der Waals surface area contributed by atoms with Crippen LogP contribution in [0.5, 0.6) is 0 Å². The lowest BCUT2D eigenvalue weighted by atomic mass is 10.1. The number of nitrogens with zero attached hydrogens (tertiary/aromatic N) is 2. The first-order valence-electron chi connectivity index (χ1n) is 7.77. The first kappa shape index (κ1) is 17.7. The van der Waals surface area contributed by atoms with E-state index >= 15 is 0 Å². The largest absolute Gasteiger partial charge is 0.338 e. The number of likely N-dealkylation sites (tertiary alicyclic amines) is 1. The number of nitrogens with one attached hydrogen (secondary N) is 3. The Kier molecular flexibility index (Phi) is 5.64. The second-order valence-corrected chi connectivity index (χ2v) is 7.83. The fraction of sp³-hybridized carbons (Fsp3) is 0.714. The normalized spacial score (nSPS) is 16.6. The third-order valence-corrected chi connectivity index (χ3v) is 4.86. The molecule has 2 heterocycles. The van der Waals surface area contributed by atoms with E-state index in [0.717, 1.165) is 29.6 Å². The van der Waals surface area contributed by atoms with Crippen LogP contribution in [-0.4, -0.2) is 61.5 Å². The van der Waals surface area contributed by atoms with Crippen molar-refractivity contribution < 1.29 is 13.2 Å². The zero-order valence-electron chi connectivity index (χ0n) is 13.8. The summed E-state index contributed by atoms with van der Waals surface area (Å²) in [5.41, 5.74) is 3.13. The van der Waals surface area contributed by atoms with Gasteiger partial charge in [-0.05, 0) is 38.7 Å². The molecule has 1 aromatic rings. The fourth-order valence-electron chi connectivity index (χ4n) is 2.85. The van der Waals surface area contributed by atoms with Crippen LogP contribution in [0.3, 0.4) is 0 Å². The highest BCUT2D eigenvalue weighted by Crippen LogP contribution is 2.12. The maximum Gasteiger partial charge on any atom is 0.317 e. The van der Waals surface area contributed by atoms with Crippen LogP contribution in [0.15, 0.2) is 0 Å². The highest BCUT2D eigenvalue weighted by atomic mass is 32.2. The first-order chi connectivity index (χ1) is 10.8. The second kappa shape index (κ2) is 7.31. The topological polar surface area (TPSA) is 107 Å². The van der Waals surface area contributed by atoms with E-state index in [1.807, 2.05) is 13.8 Å². The van der Waals surface area contributed by atoms with Crippen molar-refractivity contribution in [2.45, 2.75) is 39.2 Å². The third-order valence-electron chi connectivity index (χ3n) is 4.09. The van der Waals surface area contributed by atoms with E-state index in [1.165, 1.54) is 0 Å². The molecule has 2 rings (SSSR count). The molecule has 1 aliphatic rings. The Morgan fingerprint density at radius 3 is 2.52 bits per heavy atom. The van der Waals surface area contributed by atoms with Crippen molar-refractivity contribution in [2.24, 2.45) is 0 Å². The molecule has 1 aromatic heterocycles. The van der Waals surface area contributed by atoms with E-state index in [4.69, 9.17) is 0 Å². The van der Waals surface area contributed by atoms with Gasteiger partial charge in [-0.25, -0.2) is 17.9 Å². The molecule has 0 saturated carbocycles. The Hall–Kier alpha value is -1.61. The Balaban J connectivity index is 1.73. The van der Waals surface area contributed by atoms with Gasteiger partial charge < -0.3 is 10.2 Å². The maximum absolute atomic E-state index is 12.1. The molecule has 0 atom stereocenters. The number of rotatable bonds is 5. The van der Waals surface area contributed by atoms with E-state index in [-0.39, 0.29) is 12.1 Å². The minimum Gasteiger partial charge on any atom is -0.338 e. The molecule has 1 saturated heterocycles. The summed E-state index contributed by atoms with van der Waals surface area (Å²) in [5.74, 6) is 0. The fourth-order valence-corrected chi connectivity index (χ4v) is 3.69. The summed E-state index contributed by atoms with van der Waals surface area (Å²) in [5, 5.41) is 9.98. The van der Waals surface area contributed by atoms with Gasteiger partial charge in [-0.15, -0.1) is 0 Å². The molecule has 0 aromatic carbocycles. The monoisotopic (exact) mass is 343 g/mol. The van der Waals surface area contributed by atoms with Gasteiger partial charge >= 0.3 is 6.03 Å². The number of aryl methyl sites for hydroxylation is 2. The number of aromatic nitrogens is 2. The van der Waals surface area contributed by atoms with Gasteiger partial charge in [0.05, 0.1) is 11.9 Å². The summed E-state index contributed by atoms with van der Waals surface area (Å²) in [6.45, 7) is 5.59. The summed E-state index contributed by atoms with van der Waals surface area (Å²) >= 11 is 0. The quantitative estimate of drug-likeness (QED) is 0.714. The van der Waals surface area contributed by atoms with Gasteiger partial charge in [0.15, 0.2) is 0 Å². The van der Waals surface area contributed by atoms with Crippen molar-refractivity contribution in [1.29, 1.82) is 0 Å². The molecular formula is C14H25N5O3S. The van der Waals surface area contributed by atoms with Gasteiger partial charge in [0.25, 0.3) is 0 Å². The van der Waals surface area contributed by atoms with Crippen LogP contribution in [0.4, 0.5) is 4.79 Å². The molecular weight excluding hydrogens is 318 g/mol. The molecule has 0 radical (unpaired) electrons. The molecule has 23 heavy (non-hydrogen) atoms. The Morgan fingerprint density at radius 1 is 1.35 bits per heavy atom. The van der Waals surface area contributed by atoms with Crippen LogP contribution in [0.2, 0.25) is 0 Å². The number of carbonyl (C=O) groups excluding carboxylic acids is 1. The summed E-state index contributed by atoms with van der Waals surface area (Å²) in [6, 6.07) is -0.174. The van der Waals surface area contributed by atoms with Crippen molar-refractivity contribution in [1.82, 2.24) is 25.1 Å². The molecule has 0 aliphatic carbocycles. The minimum atomic E-state index is -3.19. The summed E-state index contributed by atoms with van der Waals surface area (Å²) in [7, 11) is -3.19. The zero-order valence-corrected chi connectivity index (χ0v) is 14.7. The Bertz CT molecular complexity index is 628. The van der Waals surface area contributed by atoms with Gasteiger partial charge in [-0.2, -0.15) is 5.10 Å². The smallest absolute Gasteiger partial charge is 0.317 e. The molecule has 2 amide bonds. The molecule has 3 N–H and O–H groups in total. The van der Waals surface area contributed by atoms with Crippen molar-refractivity contribution in [3.63, 3.8) is 0 Å². The molecule has 8 nitrogen and oxygen atoms in total. The van der Waals surface area contributed by atoms with Crippen LogP contribution in [0, 0.1) is 13.8 Å². The predicted molar refractivity (Wildman–Crippen MR) is 87.7 cm³/mol. The van der Waals surface area contributed by atoms with E-state index in [2.05, 4.69) is 20.2 Å². The van der Waals surface area contributed by atoms with Crippen LogP contribution >= 0.6 is 0 Å². The standard InChI is InChI=1S/C14H25N5O3S/c1-10-13(11(2)17-16-10)4-7-15-14(20)19-8-5-12(6-9-19)18-23(3,21)22/h12,18H,4-9H2,1-3H3,(H,15,20)(H,16,17). The second-order valence-electron chi connectivity index (χ2n) is 6.05. The van der Waals surface area contributed by atoms with Crippen molar-refractivity contribution in [2.75, 3.05) is 25.9 Å². The summed E-state index contributed by atoms with van der Waals surface area (Å²) in [6.07, 6.45) is 3.18. The van der Waals surface area contributed by atoms with E-state index in [0.29, 0.717) is 32.5 Å². The van der Waals surface area contributed by atoms with Gasteiger partial charge in [-0.1, -0.05) is 0 Å². The number of carbonyl (C=O) groups is 1. The van der Waals surface area contributed by atoms with Gasteiger partial charge in [-0.3, -0.25) is 5.10 Å². The van der Waals surface area contributed by atoms with Crippen LogP contribution in [0.25, 0.3) is 0 Å². The summed E-state index contributed by atoms with van der Waals surface area (Å²) in [4.78, 5) is 13.9. The highest BCUT2D eigenvalue weighted by molar-refractivity contribution is 7.88. The zero-order chi connectivity index (χ0) is 17.0. The predicted octanol–water partition coefficient (Wildman–Crippen LogP) is 0.292. The summed E-state index contributed by atoms with van der Waals surface area (Å²) < 4.78 is 25.0. The van der Waals surface area contributed by atoms with Crippen molar-refractivity contribution in [3.8, 4) is 0 Å². The Morgan fingerprint density at radius 2 is 2.00 bits per heavy atom. The number of piperidine rings is 1. The molecule has 1 aliphatic heterocycles. The number of amides is 2. The molecule has 0 unspecified atom stereocenters. The highest BCUT2D eigenvalue weighted by Gasteiger charge is 2.24. The number of urea groups is 1. The molecule has 0 bridgehead atoms. The number of H-pyrrole nitrogens is 1. The molecule has 130 valence electrons. The number of aromatic amines is 1. The van der Waals surface area contributed by atoms with E-state index < -0.39 is 10.0 Å². The lowest BCUT2D eigenvalue weighted by Crippen LogP contribution is -2.49. The van der Waals surface area contributed by atoms with Crippen LogP contribution in [0.1, 0.15) is 29.8 Å². The van der Waals surface area contributed by atoms with Crippen LogP contribution < -0.4 is 10.0 Å². The van der Waals surface area contributed by atoms with Crippen molar-refractivity contribution in [3.05, 3.63) is 17.0 Å². The molecule has 9 heteroatoms. The maximum atomic E-state index is 12.1. The number of hydrogen-bond acceptors (Lipinski definition) is 4. The number of hydrogen-bond donors (Lipinski definition) is 3. The number of sulfonamides is 1. The minimum absolute atomic E-state index is 0.0784. The van der Waals surface area contributed by atoms with Crippen molar-refractivity contribution >= 4 is 16.1 Å². The van der Waals surface area contributed by atoms with Crippen LogP contribution in [-0.2, 0) is 16.4 Å². The third kappa shape index (κ3) is 5.21.